The Kier molecular flexibility index (Phi) is 3.89. The number of hydrogen-bond acceptors (Lipinski definition) is 2. The molecule has 2 nitrogen and oxygen atoms in total. The normalized spacial score (nSPS) is 11.5. The van der Waals surface area contributed by atoms with E-state index in [-0.39, 0.29) is 11.2 Å². The van der Waals surface area contributed by atoms with Crippen LogP contribution in [0.2, 0.25) is 0 Å². The zero-order valence-electron chi connectivity index (χ0n) is 11.8. The molecular weight excluding hydrogens is 236 g/mol. The quantitative estimate of drug-likeness (QED) is 0.724. The van der Waals surface area contributed by atoms with Crippen LogP contribution in [0.3, 0.4) is 0 Å². The predicted molar refractivity (Wildman–Crippen MR) is 77.2 cm³/mol. The largest absolute Gasteiger partial charge is 0.464 e. The maximum absolute atomic E-state index is 12.2. The summed E-state index contributed by atoms with van der Waals surface area (Å²) in [5.74, 6) is 0.994. The molecule has 0 spiro atoms. The number of furan rings is 1. The standard InChI is InChI=1S/C17H20O2/c1-17(2,3)10-9-15(18)13-6-4-7-14(12-13)16-8-5-11-19-16/h4-8,11-12H,9-10H2,1-3H3. The van der Waals surface area contributed by atoms with Gasteiger partial charge in [0.05, 0.1) is 6.26 Å². The summed E-state index contributed by atoms with van der Waals surface area (Å²) in [6.07, 6.45) is 3.13. The fourth-order valence-corrected chi connectivity index (χ4v) is 1.92. The van der Waals surface area contributed by atoms with Gasteiger partial charge < -0.3 is 4.42 Å². The van der Waals surface area contributed by atoms with Crippen molar-refractivity contribution in [3.8, 4) is 11.3 Å². The molecule has 1 aromatic heterocycles. The van der Waals surface area contributed by atoms with Crippen molar-refractivity contribution in [2.75, 3.05) is 0 Å². The number of Topliss-reactive ketones (excluding diaryl/α,β-unsaturated/α-hetero) is 1. The number of rotatable bonds is 4. The minimum atomic E-state index is 0.189. The van der Waals surface area contributed by atoms with Crippen molar-refractivity contribution in [3.63, 3.8) is 0 Å². The van der Waals surface area contributed by atoms with Crippen LogP contribution in [0.4, 0.5) is 0 Å². The molecule has 0 aliphatic carbocycles. The van der Waals surface area contributed by atoms with Gasteiger partial charge in [0.2, 0.25) is 0 Å². The van der Waals surface area contributed by atoms with E-state index in [1.807, 2.05) is 36.4 Å². The Labute approximate surface area is 114 Å². The fraction of sp³-hybridized carbons (Fsp3) is 0.353. The number of carbonyl (C=O) groups is 1. The van der Waals surface area contributed by atoms with Crippen LogP contribution in [0.15, 0.2) is 47.1 Å². The van der Waals surface area contributed by atoms with Gasteiger partial charge in [0.25, 0.3) is 0 Å². The van der Waals surface area contributed by atoms with Gasteiger partial charge in [0.1, 0.15) is 5.76 Å². The molecule has 0 N–H and O–H groups in total. The van der Waals surface area contributed by atoms with E-state index in [2.05, 4.69) is 20.8 Å². The Bertz CT molecular complexity index is 545. The lowest BCUT2D eigenvalue weighted by Gasteiger charge is -2.17. The predicted octanol–water partition coefficient (Wildman–Crippen LogP) is 4.96. The highest BCUT2D eigenvalue weighted by atomic mass is 16.3. The van der Waals surface area contributed by atoms with Crippen LogP contribution in [0, 0.1) is 5.41 Å². The van der Waals surface area contributed by atoms with E-state index < -0.39 is 0 Å². The third-order valence-corrected chi connectivity index (χ3v) is 3.09. The fourth-order valence-electron chi connectivity index (χ4n) is 1.92. The minimum absolute atomic E-state index is 0.189. The molecule has 0 saturated carbocycles. The average Bonchev–Trinajstić information content (AvgIpc) is 2.89. The van der Waals surface area contributed by atoms with Crippen LogP contribution in [-0.2, 0) is 0 Å². The SMILES string of the molecule is CC(C)(C)CCC(=O)c1cccc(-c2ccco2)c1. The second kappa shape index (κ2) is 5.43. The van der Waals surface area contributed by atoms with Crippen molar-refractivity contribution in [1.29, 1.82) is 0 Å². The Morgan fingerprint density at radius 1 is 1.16 bits per heavy atom. The molecule has 19 heavy (non-hydrogen) atoms. The molecule has 2 aromatic rings. The minimum Gasteiger partial charge on any atom is -0.464 e. The maximum atomic E-state index is 12.2. The summed E-state index contributed by atoms with van der Waals surface area (Å²) in [6.45, 7) is 6.46. The summed E-state index contributed by atoms with van der Waals surface area (Å²) in [5.41, 5.74) is 1.90. The molecule has 0 unspecified atom stereocenters. The zero-order valence-corrected chi connectivity index (χ0v) is 11.8. The molecule has 0 atom stereocenters. The molecule has 0 aliphatic rings. The molecule has 0 fully saturated rings. The molecule has 2 heteroatoms. The van der Waals surface area contributed by atoms with E-state index in [4.69, 9.17) is 4.42 Å². The van der Waals surface area contributed by atoms with Gasteiger partial charge in [0.15, 0.2) is 5.78 Å². The molecule has 0 amide bonds. The molecule has 100 valence electrons. The molecule has 2 rings (SSSR count). The second-order valence-electron chi connectivity index (χ2n) is 6.04. The van der Waals surface area contributed by atoms with E-state index in [1.54, 1.807) is 6.26 Å². The van der Waals surface area contributed by atoms with Gasteiger partial charge in [-0.25, -0.2) is 0 Å². The van der Waals surface area contributed by atoms with Crippen molar-refractivity contribution >= 4 is 5.78 Å². The van der Waals surface area contributed by atoms with Gasteiger partial charge in [-0.1, -0.05) is 39.0 Å². The van der Waals surface area contributed by atoms with Crippen LogP contribution in [0.5, 0.6) is 0 Å². The third kappa shape index (κ3) is 3.82. The molecule has 1 aromatic carbocycles. The first kappa shape index (κ1) is 13.6. The highest BCUT2D eigenvalue weighted by Crippen LogP contribution is 2.24. The van der Waals surface area contributed by atoms with Crippen LogP contribution in [0.1, 0.15) is 44.0 Å². The highest BCUT2D eigenvalue weighted by Gasteiger charge is 2.14. The van der Waals surface area contributed by atoms with Gasteiger partial charge in [-0.2, -0.15) is 0 Å². The Morgan fingerprint density at radius 3 is 2.58 bits per heavy atom. The molecule has 0 saturated heterocycles. The van der Waals surface area contributed by atoms with Crippen LogP contribution in [0.25, 0.3) is 11.3 Å². The molecule has 0 radical (unpaired) electrons. The lowest BCUT2D eigenvalue weighted by molar-refractivity contribution is 0.0966. The Hall–Kier alpha value is -1.83. The lowest BCUT2D eigenvalue weighted by atomic mass is 9.88. The smallest absolute Gasteiger partial charge is 0.162 e. The van der Waals surface area contributed by atoms with Gasteiger partial charge in [-0.05, 0) is 30.0 Å². The van der Waals surface area contributed by atoms with Gasteiger partial charge in [0, 0.05) is 17.5 Å². The summed E-state index contributed by atoms with van der Waals surface area (Å²) < 4.78 is 5.36. The van der Waals surface area contributed by atoms with Gasteiger partial charge >= 0.3 is 0 Å². The first-order valence-corrected chi connectivity index (χ1v) is 6.63. The van der Waals surface area contributed by atoms with Crippen LogP contribution in [-0.4, -0.2) is 5.78 Å². The number of ketones is 1. The number of carbonyl (C=O) groups excluding carboxylic acids is 1. The van der Waals surface area contributed by atoms with Crippen molar-refractivity contribution in [3.05, 3.63) is 48.2 Å². The van der Waals surface area contributed by atoms with Crippen molar-refractivity contribution < 1.29 is 9.21 Å². The molecule has 0 aliphatic heterocycles. The van der Waals surface area contributed by atoms with E-state index in [1.165, 1.54) is 0 Å². The van der Waals surface area contributed by atoms with Crippen molar-refractivity contribution in [2.24, 2.45) is 5.41 Å². The van der Waals surface area contributed by atoms with Gasteiger partial charge in [-0.15, -0.1) is 0 Å². The van der Waals surface area contributed by atoms with Crippen molar-refractivity contribution in [1.82, 2.24) is 0 Å². The summed E-state index contributed by atoms with van der Waals surface area (Å²) >= 11 is 0. The summed E-state index contributed by atoms with van der Waals surface area (Å²) in [7, 11) is 0. The molecular formula is C17H20O2. The monoisotopic (exact) mass is 256 g/mol. The van der Waals surface area contributed by atoms with Crippen molar-refractivity contribution in [2.45, 2.75) is 33.6 Å². The first-order chi connectivity index (χ1) is 8.96. The average molecular weight is 256 g/mol. The summed E-state index contributed by atoms with van der Waals surface area (Å²) in [4.78, 5) is 12.2. The Balaban J connectivity index is 2.13. The van der Waals surface area contributed by atoms with Crippen LogP contribution < -0.4 is 0 Å². The van der Waals surface area contributed by atoms with E-state index >= 15 is 0 Å². The summed E-state index contributed by atoms with van der Waals surface area (Å²) in [6, 6.07) is 11.4. The maximum Gasteiger partial charge on any atom is 0.162 e. The zero-order chi connectivity index (χ0) is 13.9. The molecule has 0 bridgehead atoms. The first-order valence-electron chi connectivity index (χ1n) is 6.63. The van der Waals surface area contributed by atoms with Crippen LogP contribution >= 0.6 is 0 Å². The van der Waals surface area contributed by atoms with E-state index in [0.29, 0.717) is 6.42 Å². The third-order valence-electron chi connectivity index (χ3n) is 3.09. The lowest BCUT2D eigenvalue weighted by Crippen LogP contribution is -2.09. The second-order valence-corrected chi connectivity index (χ2v) is 6.04. The highest BCUT2D eigenvalue weighted by molar-refractivity contribution is 5.97. The Morgan fingerprint density at radius 2 is 1.95 bits per heavy atom. The number of hydrogen-bond donors (Lipinski definition) is 0. The van der Waals surface area contributed by atoms with Gasteiger partial charge in [-0.3, -0.25) is 4.79 Å². The molecule has 1 heterocycles. The van der Waals surface area contributed by atoms with E-state index in [9.17, 15) is 4.79 Å². The topological polar surface area (TPSA) is 30.2 Å². The summed E-state index contributed by atoms with van der Waals surface area (Å²) in [5, 5.41) is 0. The number of benzene rings is 1. The van der Waals surface area contributed by atoms with E-state index in [0.717, 1.165) is 23.3 Å².